The van der Waals surface area contributed by atoms with E-state index >= 15 is 0 Å². The van der Waals surface area contributed by atoms with Crippen molar-refractivity contribution in [2.24, 2.45) is 0 Å². The molecule has 0 aliphatic carbocycles. The van der Waals surface area contributed by atoms with Crippen LogP contribution in [0.1, 0.15) is 21.6 Å². The summed E-state index contributed by atoms with van der Waals surface area (Å²) in [6, 6.07) is 15.7. The molecule has 1 aliphatic heterocycles. The molecule has 0 unspecified atom stereocenters. The van der Waals surface area contributed by atoms with Crippen LogP contribution in [0.25, 0.3) is 22.0 Å². The van der Waals surface area contributed by atoms with Gasteiger partial charge in [-0.2, -0.15) is 0 Å². The van der Waals surface area contributed by atoms with Crippen LogP contribution in [0.5, 0.6) is 17.2 Å². The monoisotopic (exact) mass is 493 g/mol. The van der Waals surface area contributed by atoms with E-state index in [2.05, 4.69) is 0 Å². The maximum Gasteiger partial charge on any atom is 0.353 e. The minimum absolute atomic E-state index is 0.0248. The number of carboxylic acids is 2. The first-order valence-electron chi connectivity index (χ1n) is 10.7. The summed E-state index contributed by atoms with van der Waals surface area (Å²) in [6.07, 6.45) is -0.293. The zero-order valence-corrected chi connectivity index (χ0v) is 19.3. The van der Waals surface area contributed by atoms with Crippen LogP contribution in [0.15, 0.2) is 54.6 Å². The summed E-state index contributed by atoms with van der Waals surface area (Å²) in [5, 5.41) is 20.9. The lowest BCUT2D eigenvalue weighted by Gasteiger charge is -2.13. The van der Waals surface area contributed by atoms with Crippen molar-refractivity contribution in [1.29, 1.82) is 0 Å². The van der Waals surface area contributed by atoms with Gasteiger partial charge in [-0.3, -0.25) is 4.79 Å². The topological polar surface area (TPSA) is 107 Å². The van der Waals surface area contributed by atoms with Gasteiger partial charge in [0.2, 0.25) is 6.79 Å². The van der Waals surface area contributed by atoms with Gasteiger partial charge in [-0.05, 0) is 41.0 Å². The van der Waals surface area contributed by atoms with Crippen LogP contribution in [0.2, 0.25) is 5.02 Å². The van der Waals surface area contributed by atoms with Crippen LogP contribution >= 0.6 is 11.6 Å². The number of benzene rings is 3. The van der Waals surface area contributed by atoms with Crippen molar-refractivity contribution in [1.82, 2.24) is 4.57 Å². The maximum atomic E-state index is 12.7. The number of fused-ring (bicyclic) bond motifs is 2. The van der Waals surface area contributed by atoms with Gasteiger partial charge in [-0.15, -0.1) is 0 Å². The Balaban J connectivity index is 1.76. The standard InChI is InChI=1S/C26H20ClNO7/c1-33-16-6-7-17(14(8-16)10-23(29)30)24-18-4-2-3-5-20(18)28(25(24)26(31)32)12-15-9-21-22(11-19(15)27)35-13-34-21/h2-9,11H,10,12-13H2,1H3,(H,29,30)(H,31,32). The number of rotatable bonds is 7. The van der Waals surface area contributed by atoms with Crippen molar-refractivity contribution < 1.29 is 34.0 Å². The lowest BCUT2D eigenvalue weighted by atomic mass is 9.94. The summed E-state index contributed by atoms with van der Waals surface area (Å²) < 4.78 is 17.8. The second-order valence-corrected chi connectivity index (χ2v) is 8.43. The summed E-state index contributed by atoms with van der Waals surface area (Å²) in [7, 11) is 1.49. The molecule has 0 radical (unpaired) electrons. The van der Waals surface area contributed by atoms with Gasteiger partial charge in [-0.1, -0.05) is 35.9 Å². The Hall–Kier alpha value is -4.17. The quantitative estimate of drug-likeness (QED) is 0.370. The summed E-state index contributed by atoms with van der Waals surface area (Å²) in [5.41, 5.74) is 2.75. The van der Waals surface area contributed by atoms with E-state index in [9.17, 15) is 19.8 Å². The second kappa shape index (κ2) is 8.88. The highest BCUT2D eigenvalue weighted by Gasteiger charge is 2.27. The highest BCUT2D eigenvalue weighted by Crippen LogP contribution is 2.41. The van der Waals surface area contributed by atoms with Gasteiger partial charge in [0.15, 0.2) is 11.5 Å². The summed E-state index contributed by atoms with van der Waals surface area (Å²) in [4.78, 5) is 24.3. The van der Waals surface area contributed by atoms with Gasteiger partial charge >= 0.3 is 11.9 Å². The molecule has 0 fully saturated rings. The minimum atomic E-state index is -1.15. The predicted molar refractivity (Wildman–Crippen MR) is 129 cm³/mol. The zero-order chi connectivity index (χ0) is 24.7. The predicted octanol–water partition coefficient (Wildman–Crippen LogP) is 5.07. The Morgan fingerprint density at radius 3 is 2.49 bits per heavy atom. The third-order valence-electron chi connectivity index (χ3n) is 5.97. The number of para-hydroxylation sites is 1. The largest absolute Gasteiger partial charge is 0.497 e. The molecule has 0 saturated heterocycles. The van der Waals surface area contributed by atoms with Crippen molar-refractivity contribution in [3.05, 3.63) is 76.4 Å². The first-order chi connectivity index (χ1) is 16.9. The van der Waals surface area contributed by atoms with Gasteiger partial charge in [0.25, 0.3) is 0 Å². The molecule has 5 rings (SSSR count). The van der Waals surface area contributed by atoms with E-state index in [0.717, 1.165) is 0 Å². The molecular weight excluding hydrogens is 474 g/mol. The fourth-order valence-corrected chi connectivity index (χ4v) is 4.68. The van der Waals surface area contributed by atoms with Crippen LogP contribution in [-0.4, -0.2) is 40.6 Å². The average Bonchev–Trinajstić information content (AvgIpc) is 3.41. The molecular formula is C26H20ClNO7. The molecule has 0 spiro atoms. The molecule has 0 atom stereocenters. The number of halogens is 1. The fraction of sp³-hybridized carbons (Fsp3) is 0.154. The van der Waals surface area contributed by atoms with Crippen LogP contribution < -0.4 is 14.2 Å². The highest BCUT2D eigenvalue weighted by atomic mass is 35.5. The Kier molecular flexibility index (Phi) is 5.74. The van der Waals surface area contributed by atoms with E-state index in [0.29, 0.717) is 55.4 Å². The highest BCUT2D eigenvalue weighted by molar-refractivity contribution is 6.31. The molecule has 9 heteroatoms. The third kappa shape index (κ3) is 4.02. The van der Waals surface area contributed by atoms with E-state index in [1.165, 1.54) is 7.11 Å². The number of nitrogens with zero attached hydrogens (tertiary/aromatic N) is 1. The fourth-order valence-electron chi connectivity index (χ4n) is 4.46. The number of aromatic nitrogens is 1. The van der Waals surface area contributed by atoms with Gasteiger partial charge < -0.3 is 29.0 Å². The molecule has 0 saturated carbocycles. The molecule has 3 aromatic carbocycles. The van der Waals surface area contributed by atoms with Crippen LogP contribution in [-0.2, 0) is 17.8 Å². The second-order valence-electron chi connectivity index (χ2n) is 8.02. The zero-order valence-electron chi connectivity index (χ0n) is 18.6. The normalized spacial score (nSPS) is 12.2. The van der Waals surface area contributed by atoms with E-state index in [-0.39, 0.29) is 25.5 Å². The summed E-state index contributed by atoms with van der Waals surface area (Å²) in [5.74, 6) is -0.626. The van der Waals surface area contributed by atoms with Gasteiger partial charge in [-0.25, -0.2) is 4.79 Å². The van der Waals surface area contributed by atoms with E-state index in [1.54, 1.807) is 34.9 Å². The number of aromatic carboxylic acids is 1. The van der Waals surface area contributed by atoms with Crippen LogP contribution in [0, 0.1) is 0 Å². The lowest BCUT2D eigenvalue weighted by molar-refractivity contribution is -0.136. The number of ether oxygens (including phenoxy) is 3. The number of carbonyl (C=O) groups is 2. The smallest absolute Gasteiger partial charge is 0.353 e. The lowest BCUT2D eigenvalue weighted by Crippen LogP contribution is -2.11. The van der Waals surface area contributed by atoms with Crippen molar-refractivity contribution in [2.75, 3.05) is 13.9 Å². The molecule has 0 bridgehead atoms. The van der Waals surface area contributed by atoms with Crippen molar-refractivity contribution >= 4 is 34.4 Å². The van der Waals surface area contributed by atoms with Crippen LogP contribution in [0.4, 0.5) is 0 Å². The first-order valence-corrected chi connectivity index (χ1v) is 11.1. The molecule has 35 heavy (non-hydrogen) atoms. The SMILES string of the molecule is COc1ccc(-c2c(C(=O)O)n(Cc3cc4c(cc3Cl)OCO4)c3ccccc23)c(CC(=O)O)c1. The molecule has 1 aliphatic rings. The van der Waals surface area contributed by atoms with Gasteiger partial charge in [0.1, 0.15) is 11.4 Å². The Morgan fingerprint density at radius 1 is 1.03 bits per heavy atom. The molecule has 178 valence electrons. The van der Waals surface area contributed by atoms with Crippen molar-refractivity contribution in [3.63, 3.8) is 0 Å². The molecule has 4 aromatic rings. The molecule has 2 heterocycles. The number of hydrogen-bond donors (Lipinski definition) is 2. The Morgan fingerprint density at radius 2 is 1.77 bits per heavy atom. The number of hydrogen-bond acceptors (Lipinski definition) is 5. The van der Waals surface area contributed by atoms with E-state index in [4.69, 9.17) is 25.8 Å². The van der Waals surface area contributed by atoms with E-state index in [1.807, 2.05) is 24.3 Å². The number of methoxy groups -OCH3 is 1. The molecule has 0 amide bonds. The maximum absolute atomic E-state index is 12.7. The number of carboxylic acid groups (broad SMARTS) is 2. The third-order valence-corrected chi connectivity index (χ3v) is 6.32. The molecule has 2 N–H and O–H groups in total. The average molecular weight is 494 g/mol. The van der Waals surface area contributed by atoms with E-state index < -0.39 is 11.9 Å². The van der Waals surface area contributed by atoms with Crippen molar-refractivity contribution in [3.8, 4) is 28.4 Å². The van der Waals surface area contributed by atoms with Crippen molar-refractivity contribution in [2.45, 2.75) is 13.0 Å². The van der Waals surface area contributed by atoms with Gasteiger partial charge in [0.05, 0.1) is 20.1 Å². The molecule has 8 nitrogen and oxygen atoms in total. The number of aliphatic carboxylic acids is 1. The summed E-state index contributed by atoms with van der Waals surface area (Å²) >= 11 is 6.51. The Bertz CT molecular complexity index is 1490. The minimum Gasteiger partial charge on any atom is -0.497 e. The van der Waals surface area contributed by atoms with Crippen LogP contribution in [0.3, 0.4) is 0 Å². The summed E-state index contributed by atoms with van der Waals surface area (Å²) in [6.45, 7) is 0.248. The van der Waals surface area contributed by atoms with Gasteiger partial charge in [0, 0.05) is 27.6 Å². The first kappa shape index (κ1) is 22.6. The Labute approximate surface area is 204 Å². The molecule has 1 aromatic heterocycles.